The van der Waals surface area contributed by atoms with Crippen LogP contribution in [0.1, 0.15) is 29.6 Å². The lowest BCUT2D eigenvalue weighted by molar-refractivity contribution is 0.0686. The van der Waals surface area contributed by atoms with Crippen molar-refractivity contribution >= 4 is 5.97 Å². The van der Waals surface area contributed by atoms with Crippen molar-refractivity contribution in [2.45, 2.75) is 31.4 Å². The second-order valence-electron chi connectivity index (χ2n) is 3.91. The molecule has 0 radical (unpaired) electrons. The quantitative estimate of drug-likeness (QED) is 0.798. The van der Waals surface area contributed by atoms with Crippen molar-refractivity contribution in [3.05, 3.63) is 23.9 Å². The molecule has 1 aliphatic carbocycles. The Balaban J connectivity index is 2.17. The fourth-order valence-corrected chi connectivity index (χ4v) is 1.89. The van der Waals surface area contributed by atoms with Crippen LogP contribution in [-0.4, -0.2) is 28.2 Å². The molecule has 5 heteroatoms. The van der Waals surface area contributed by atoms with Gasteiger partial charge in [-0.05, 0) is 31.4 Å². The number of carboxylic acid groups (broad SMARTS) is 1. The predicted octanol–water partition coefficient (Wildman–Crippen LogP) is 1.04. The van der Waals surface area contributed by atoms with Gasteiger partial charge in [-0.1, -0.05) is 0 Å². The summed E-state index contributed by atoms with van der Waals surface area (Å²) in [5.41, 5.74) is 5.94. The van der Waals surface area contributed by atoms with Gasteiger partial charge in [0, 0.05) is 12.2 Å². The largest absolute Gasteiger partial charge is 0.477 e. The van der Waals surface area contributed by atoms with E-state index in [9.17, 15) is 4.79 Å². The normalized spacial score (nSPS) is 24.3. The first-order chi connectivity index (χ1) is 7.68. The highest BCUT2D eigenvalue weighted by molar-refractivity contribution is 5.90. The zero-order valence-electron chi connectivity index (χ0n) is 8.80. The van der Waals surface area contributed by atoms with Crippen LogP contribution in [0, 0.1) is 0 Å². The van der Waals surface area contributed by atoms with Crippen LogP contribution in [0.25, 0.3) is 0 Å². The van der Waals surface area contributed by atoms with Crippen molar-refractivity contribution in [3.63, 3.8) is 0 Å². The molecule has 1 heterocycles. The minimum absolute atomic E-state index is 0.0244. The first-order valence-corrected chi connectivity index (χ1v) is 5.29. The highest BCUT2D eigenvalue weighted by Crippen LogP contribution is 2.24. The van der Waals surface area contributed by atoms with E-state index in [4.69, 9.17) is 15.6 Å². The molecule has 1 saturated carbocycles. The van der Waals surface area contributed by atoms with E-state index in [1.54, 1.807) is 6.07 Å². The van der Waals surface area contributed by atoms with E-state index in [1.807, 2.05) is 0 Å². The van der Waals surface area contributed by atoms with Crippen molar-refractivity contribution in [1.82, 2.24) is 4.98 Å². The number of rotatable bonds is 3. The van der Waals surface area contributed by atoms with Crippen LogP contribution in [0.2, 0.25) is 0 Å². The van der Waals surface area contributed by atoms with Crippen LogP contribution in [0.4, 0.5) is 0 Å². The smallest absolute Gasteiger partial charge is 0.341 e. The van der Waals surface area contributed by atoms with E-state index < -0.39 is 5.97 Å². The molecule has 1 fully saturated rings. The molecular formula is C11H14N2O3. The third-order valence-corrected chi connectivity index (χ3v) is 2.77. The summed E-state index contributed by atoms with van der Waals surface area (Å²) in [5, 5.41) is 8.95. The fourth-order valence-electron chi connectivity index (χ4n) is 1.89. The van der Waals surface area contributed by atoms with Crippen molar-refractivity contribution in [1.29, 1.82) is 0 Å². The average Bonchev–Trinajstić information content (AvgIpc) is 2.65. The Morgan fingerprint density at radius 2 is 2.38 bits per heavy atom. The maximum atomic E-state index is 10.9. The third-order valence-electron chi connectivity index (χ3n) is 2.77. The number of nitrogens with two attached hydrogens (primary N) is 1. The van der Waals surface area contributed by atoms with E-state index in [0.29, 0.717) is 0 Å². The van der Waals surface area contributed by atoms with Crippen LogP contribution < -0.4 is 10.5 Å². The number of hydrogen-bond acceptors (Lipinski definition) is 4. The molecule has 0 aromatic carbocycles. The molecule has 0 spiro atoms. The number of carbonyl (C=O) groups is 1. The standard InChI is InChI=1S/C11H14N2O3/c12-8-4-1-5-9(8)16-10-7(11(14)15)3-2-6-13-10/h2-3,6,8-9H,1,4-5,12H2,(H,14,15). The van der Waals surface area contributed by atoms with Gasteiger partial charge in [0.15, 0.2) is 0 Å². The molecule has 2 rings (SSSR count). The highest BCUT2D eigenvalue weighted by Gasteiger charge is 2.27. The fraction of sp³-hybridized carbons (Fsp3) is 0.455. The van der Waals surface area contributed by atoms with Crippen LogP contribution in [-0.2, 0) is 0 Å². The van der Waals surface area contributed by atoms with E-state index in [1.165, 1.54) is 12.3 Å². The zero-order valence-corrected chi connectivity index (χ0v) is 8.80. The summed E-state index contributed by atoms with van der Waals surface area (Å²) in [7, 11) is 0. The topological polar surface area (TPSA) is 85.4 Å². The Labute approximate surface area is 93.2 Å². The number of nitrogens with zero attached hydrogens (tertiary/aromatic N) is 1. The van der Waals surface area contributed by atoms with Crippen molar-refractivity contribution in [3.8, 4) is 5.88 Å². The van der Waals surface area contributed by atoms with Gasteiger partial charge >= 0.3 is 5.97 Å². The molecule has 5 nitrogen and oxygen atoms in total. The van der Waals surface area contributed by atoms with Gasteiger partial charge in [0.25, 0.3) is 0 Å². The molecule has 1 aromatic heterocycles. The molecule has 86 valence electrons. The van der Waals surface area contributed by atoms with Gasteiger partial charge < -0.3 is 15.6 Å². The summed E-state index contributed by atoms with van der Waals surface area (Å²) in [4.78, 5) is 14.9. The van der Waals surface area contributed by atoms with Crippen LogP contribution >= 0.6 is 0 Å². The number of aromatic nitrogens is 1. The number of aromatic carboxylic acids is 1. The Hall–Kier alpha value is -1.62. The predicted molar refractivity (Wildman–Crippen MR) is 57.4 cm³/mol. The van der Waals surface area contributed by atoms with E-state index in [2.05, 4.69) is 4.98 Å². The van der Waals surface area contributed by atoms with Crippen LogP contribution in [0.3, 0.4) is 0 Å². The summed E-state index contributed by atoms with van der Waals surface area (Å²) in [5.74, 6) is -0.869. The molecule has 0 saturated heterocycles. The minimum Gasteiger partial charge on any atom is -0.477 e. The molecule has 2 atom stereocenters. The molecule has 1 aliphatic rings. The number of ether oxygens (including phenoxy) is 1. The van der Waals surface area contributed by atoms with Crippen molar-refractivity contribution in [2.24, 2.45) is 5.73 Å². The van der Waals surface area contributed by atoms with Crippen molar-refractivity contribution in [2.75, 3.05) is 0 Å². The lowest BCUT2D eigenvalue weighted by atomic mass is 10.2. The first-order valence-electron chi connectivity index (χ1n) is 5.29. The summed E-state index contributed by atoms with van der Waals surface area (Å²) in [6.07, 6.45) is 4.19. The van der Waals surface area contributed by atoms with Gasteiger partial charge in [0.1, 0.15) is 11.7 Å². The SMILES string of the molecule is NC1CCCC1Oc1ncccc1C(=O)O. The third kappa shape index (κ3) is 2.14. The Morgan fingerprint density at radius 3 is 3.00 bits per heavy atom. The summed E-state index contributed by atoms with van der Waals surface area (Å²) in [6.45, 7) is 0. The molecule has 0 amide bonds. The van der Waals surface area contributed by atoms with Gasteiger partial charge in [0.05, 0.1) is 0 Å². The Bertz CT molecular complexity index is 395. The number of pyridine rings is 1. The monoisotopic (exact) mass is 222 g/mol. The molecule has 16 heavy (non-hydrogen) atoms. The second-order valence-corrected chi connectivity index (χ2v) is 3.91. The Morgan fingerprint density at radius 1 is 1.56 bits per heavy atom. The summed E-state index contributed by atoms with van der Waals surface area (Å²) in [6, 6.07) is 3.03. The van der Waals surface area contributed by atoms with Gasteiger partial charge in [0.2, 0.25) is 5.88 Å². The van der Waals surface area contributed by atoms with E-state index in [-0.39, 0.29) is 23.6 Å². The first kappa shape index (κ1) is 10.9. The number of carboxylic acids is 1. The Kier molecular flexibility index (Phi) is 3.05. The lowest BCUT2D eigenvalue weighted by Gasteiger charge is -2.17. The lowest BCUT2D eigenvalue weighted by Crippen LogP contribution is -2.34. The molecule has 0 aliphatic heterocycles. The summed E-state index contributed by atoms with van der Waals surface area (Å²) >= 11 is 0. The van der Waals surface area contributed by atoms with Gasteiger partial charge in [-0.15, -0.1) is 0 Å². The van der Waals surface area contributed by atoms with Gasteiger partial charge in [-0.25, -0.2) is 9.78 Å². The summed E-state index contributed by atoms with van der Waals surface area (Å²) < 4.78 is 5.56. The minimum atomic E-state index is -1.03. The molecule has 1 aromatic rings. The van der Waals surface area contributed by atoms with Crippen LogP contribution in [0.5, 0.6) is 5.88 Å². The molecule has 0 bridgehead atoms. The molecular weight excluding hydrogens is 208 g/mol. The maximum absolute atomic E-state index is 10.9. The molecule has 2 unspecified atom stereocenters. The second kappa shape index (κ2) is 4.49. The van der Waals surface area contributed by atoms with Gasteiger partial charge in [-0.2, -0.15) is 0 Å². The van der Waals surface area contributed by atoms with E-state index >= 15 is 0 Å². The van der Waals surface area contributed by atoms with Gasteiger partial charge in [-0.3, -0.25) is 0 Å². The van der Waals surface area contributed by atoms with Crippen LogP contribution in [0.15, 0.2) is 18.3 Å². The highest BCUT2D eigenvalue weighted by atomic mass is 16.5. The number of hydrogen-bond donors (Lipinski definition) is 2. The zero-order chi connectivity index (χ0) is 11.5. The average molecular weight is 222 g/mol. The van der Waals surface area contributed by atoms with E-state index in [0.717, 1.165) is 19.3 Å². The maximum Gasteiger partial charge on any atom is 0.341 e. The van der Waals surface area contributed by atoms with Crippen molar-refractivity contribution < 1.29 is 14.6 Å². The molecule has 3 N–H and O–H groups in total.